The van der Waals surface area contributed by atoms with Crippen molar-refractivity contribution in [2.75, 3.05) is 4.90 Å². The molecule has 0 aliphatic carbocycles. The summed E-state index contributed by atoms with van der Waals surface area (Å²) in [5.74, 6) is 0.549. The quantitative estimate of drug-likeness (QED) is 0.588. The zero-order valence-electron chi connectivity index (χ0n) is 12.4. The van der Waals surface area contributed by atoms with Gasteiger partial charge in [-0.1, -0.05) is 30.3 Å². The summed E-state index contributed by atoms with van der Waals surface area (Å²) in [6, 6.07) is 20.7. The molecule has 0 fully saturated rings. The fraction of sp³-hybridized carbons (Fsp3) is 0. The highest BCUT2D eigenvalue weighted by Gasteiger charge is 2.31. The summed E-state index contributed by atoms with van der Waals surface area (Å²) < 4.78 is 1.07. The average Bonchev–Trinajstić information content (AvgIpc) is 2.95. The zero-order chi connectivity index (χ0) is 17.1. The summed E-state index contributed by atoms with van der Waals surface area (Å²) >= 11 is 2.21. The van der Waals surface area contributed by atoms with Gasteiger partial charge in [0, 0.05) is 14.8 Å². The fourth-order valence-corrected chi connectivity index (χ4v) is 2.71. The summed E-state index contributed by atoms with van der Waals surface area (Å²) in [6.07, 6.45) is 0. The van der Waals surface area contributed by atoms with Gasteiger partial charge in [-0.2, -0.15) is 10.5 Å². The van der Waals surface area contributed by atoms with Crippen LogP contribution in [0.3, 0.4) is 0 Å². The first-order chi connectivity index (χ1) is 11.7. The molecule has 5 nitrogen and oxygen atoms in total. The van der Waals surface area contributed by atoms with Crippen LogP contribution in [-0.4, -0.2) is 11.7 Å². The molecule has 1 heterocycles. The van der Waals surface area contributed by atoms with E-state index in [1.54, 1.807) is 4.90 Å². The Balaban J connectivity index is 2.20. The minimum atomic E-state index is -0.165. The third-order valence-electron chi connectivity index (χ3n) is 3.45. The minimum absolute atomic E-state index is 0.0214. The van der Waals surface area contributed by atoms with Gasteiger partial charge in [-0.05, 0) is 46.9 Å². The molecule has 0 unspecified atom stereocenters. The number of benzene rings is 2. The van der Waals surface area contributed by atoms with Crippen molar-refractivity contribution >= 4 is 39.9 Å². The van der Waals surface area contributed by atoms with E-state index in [9.17, 15) is 0 Å². The lowest BCUT2D eigenvalue weighted by Crippen LogP contribution is -2.32. The van der Waals surface area contributed by atoms with Gasteiger partial charge >= 0.3 is 0 Å². The van der Waals surface area contributed by atoms with Gasteiger partial charge in [-0.3, -0.25) is 10.3 Å². The number of rotatable bonds is 2. The van der Waals surface area contributed by atoms with Crippen LogP contribution in [0, 0.1) is 31.6 Å². The molecule has 0 atom stereocenters. The Morgan fingerprint density at radius 1 is 1.00 bits per heavy atom. The van der Waals surface area contributed by atoms with Crippen LogP contribution in [0.15, 0.2) is 70.9 Å². The zero-order valence-corrected chi connectivity index (χ0v) is 14.5. The first-order valence-corrected chi connectivity index (χ1v) is 8.07. The summed E-state index contributed by atoms with van der Waals surface area (Å²) in [5.41, 5.74) is 1.50. The van der Waals surface area contributed by atoms with Crippen LogP contribution in [0.1, 0.15) is 5.56 Å². The monoisotopic (exact) mass is 423 g/mol. The van der Waals surface area contributed by atoms with Gasteiger partial charge in [-0.25, -0.2) is 4.99 Å². The third-order valence-corrected chi connectivity index (χ3v) is 4.17. The summed E-state index contributed by atoms with van der Waals surface area (Å²) in [7, 11) is 0. The van der Waals surface area contributed by atoms with Crippen molar-refractivity contribution in [2.24, 2.45) is 4.99 Å². The van der Waals surface area contributed by atoms with Crippen molar-refractivity contribution in [3.05, 3.63) is 75.0 Å². The van der Waals surface area contributed by atoms with Gasteiger partial charge in [0.1, 0.15) is 23.7 Å². The van der Waals surface area contributed by atoms with Gasteiger partial charge in [0.25, 0.3) is 0 Å². The molecular formula is C18H10IN5. The van der Waals surface area contributed by atoms with E-state index in [0.717, 1.165) is 14.8 Å². The van der Waals surface area contributed by atoms with Crippen molar-refractivity contribution in [2.45, 2.75) is 0 Å². The number of hydrogen-bond acceptors (Lipinski definition) is 4. The number of amidine groups is 2. The van der Waals surface area contributed by atoms with Crippen molar-refractivity contribution in [1.29, 1.82) is 15.9 Å². The van der Waals surface area contributed by atoms with Crippen LogP contribution in [0.5, 0.6) is 0 Å². The standard InChI is InChI=1S/C18H10IN5/c19-14-6-8-15(9-7-14)24-17(22)16(13(10-20)11-21)23-18(24)12-4-2-1-3-5-12/h1-9,22H. The lowest BCUT2D eigenvalue weighted by atomic mass is 10.1. The van der Waals surface area contributed by atoms with Gasteiger partial charge in [0.05, 0.1) is 0 Å². The van der Waals surface area contributed by atoms with E-state index in [4.69, 9.17) is 15.9 Å². The van der Waals surface area contributed by atoms with Crippen LogP contribution in [0.2, 0.25) is 0 Å². The Labute approximate surface area is 152 Å². The van der Waals surface area contributed by atoms with Gasteiger partial charge in [0.15, 0.2) is 11.4 Å². The molecule has 1 aliphatic heterocycles. The average molecular weight is 423 g/mol. The Morgan fingerprint density at radius 2 is 1.62 bits per heavy atom. The van der Waals surface area contributed by atoms with E-state index >= 15 is 0 Å². The van der Waals surface area contributed by atoms with E-state index < -0.39 is 0 Å². The molecule has 24 heavy (non-hydrogen) atoms. The SMILES string of the molecule is N#CC(C#N)=C1N=C(c2ccccc2)N(c2ccc(I)cc2)C1=N. The molecule has 0 amide bonds. The summed E-state index contributed by atoms with van der Waals surface area (Å²) in [5, 5.41) is 26.7. The number of hydrogen-bond donors (Lipinski definition) is 1. The topological polar surface area (TPSA) is 87.0 Å². The number of anilines is 1. The second-order valence-electron chi connectivity index (χ2n) is 4.91. The van der Waals surface area contributed by atoms with E-state index in [-0.39, 0.29) is 17.1 Å². The van der Waals surface area contributed by atoms with Gasteiger partial charge in [0.2, 0.25) is 0 Å². The van der Waals surface area contributed by atoms with E-state index in [1.807, 2.05) is 66.7 Å². The van der Waals surface area contributed by atoms with Gasteiger partial charge in [-0.15, -0.1) is 0 Å². The Bertz CT molecular complexity index is 928. The molecule has 114 valence electrons. The predicted octanol–water partition coefficient (Wildman–Crippen LogP) is 3.84. The molecule has 1 aliphatic rings. The maximum Gasteiger partial charge on any atom is 0.159 e. The molecule has 0 spiro atoms. The molecule has 0 saturated heterocycles. The highest BCUT2D eigenvalue weighted by atomic mass is 127. The maximum absolute atomic E-state index is 9.14. The Hall–Kier alpha value is -2.97. The van der Waals surface area contributed by atoms with Crippen LogP contribution in [0.4, 0.5) is 5.69 Å². The Morgan fingerprint density at radius 3 is 2.21 bits per heavy atom. The molecule has 0 saturated carbocycles. The van der Waals surface area contributed by atoms with Crippen molar-refractivity contribution in [3.63, 3.8) is 0 Å². The molecule has 0 radical (unpaired) electrons. The highest BCUT2D eigenvalue weighted by molar-refractivity contribution is 14.1. The summed E-state index contributed by atoms with van der Waals surface area (Å²) in [4.78, 5) is 6.06. The van der Waals surface area contributed by atoms with Crippen LogP contribution in [-0.2, 0) is 0 Å². The van der Waals surface area contributed by atoms with E-state index in [0.29, 0.717) is 5.84 Å². The lowest BCUT2D eigenvalue weighted by molar-refractivity contribution is 1.34. The smallest absolute Gasteiger partial charge is 0.159 e. The van der Waals surface area contributed by atoms with E-state index in [1.165, 1.54) is 0 Å². The number of allylic oxidation sites excluding steroid dienone is 1. The second kappa shape index (κ2) is 6.65. The van der Waals surface area contributed by atoms with Crippen LogP contribution >= 0.6 is 22.6 Å². The molecule has 0 bridgehead atoms. The largest absolute Gasteiger partial charge is 0.282 e. The maximum atomic E-state index is 9.14. The molecule has 1 N–H and O–H groups in total. The lowest BCUT2D eigenvalue weighted by Gasteiger charge is -2.20. The second-order valence-corrected chi connectivity index (χ2v) is 6.15. The van der Waals surface area contributed by atoms with Crippen LogP contribution in [0.25, 0.3) is 0 Å². The molecule has 2 aromatic carbocycles. The van der Waals surface area contributed by atoms with Crippen molar-refractivity contribution in [3.8, 4) is 12.1 Å². The minimum Gasteiger partial charge on any atom is -0.282 e. The number of nitriles is 2. The normalized spacial score (nSPS) is 13.3. The first kappa shape index (κ1) is 15.9. The molecule has 0 aromatic heterocycles. The predicted molar refractivity (Wildman–Crippen MR) is 101 cm³/mol. The van der Waals surface area contributed by atoms with Gasteiger partial charge < -0.3 is 0 Å². The Kier molecular flexibility index (Phi) is 4.41. The fourth-order valence-electron chi connectivity index (χ4n) is 2.35. The molecule has 6 heteroatoms. The van der Waals surface area contributed by atoms with Crippen molar-refractivity contribution < 1.29 is 0 Å². The molecular weight excluding hydrogens is 413 g/mol. The van der Waals surface area contributed by atoms with Crippen molar-refractivity contribution in [1.82, 2.24) is 0 Å². The molecule has 3 rings (SSSR count). The number of nitrogens with zero attached hydrogens (tertiary/aromatic N) is 4. The first-order valence-electron chi connectivity index (χ1n) is 6.99. The van der Waals surface area contributed by atoms with Crippen LogP contribution < -0.4 is 4.90 Å². The number of nitrogens with one attached hydrogen (secondary N) is 1. The number of aliphatic imine (C=N–C) groups is 1. The molecule has 2 aromatic rings. The number of halogens is 1. The third kappa shape index (κ3) is 2.80. The summed E-state index contributed by atoms with van der Waals surface area (Å²) in [6.45, 7) is 0. The van der Waals surface area contributed by atoms with E-state index in [2.05, 4.69) is 27.6 Å². The highest BCUT2D eigenvalue weighted by Crippen LogP contribution is 2.28.